The Morgan fingerprint density at radius 2 is 2.03 bits per heavy atom. The van der Waals surface area contributed by atoms with Crippen LogP contribution in [0.2, 0.25) is 0 Å². The second kappa shape index (κ2) is 8.90. The molecular weight excluding hydrogens is 425 g/mol. The summed E-state index contributed by atoms with van der Waals surface area (Å²) in [6.07, 6.45) is 5.07. The minimum absolute atomic E-state index is 0.00271. The SMILES string of the molecule is CCCCOc1ccc(-c2cc3c(cc2F)nnc2c3n(C3CCOCC3)c(=O)n2C)cn1. The Balaban J connectivity index is 1.64. The van der Waals surface area contributed by atoms with Gasteiger partial charge in [0.15, 0.2) is 5.65 Å². The molecule has 172 valence electrons. The van der Waals surface area contributed by atoms with E-state index in [4.69, 9.17) is 9.47 Å². The molecule has 0 bridgehead atoms. The van der Waals surface area contributed by atoms with Crippen LogP contribution in [0.3, 0.4) is 0 Å². The number of aryl methyl sites for hydroxylation is 1. The van der Waals surface area contributed by atoms with Crippen LogP contribution in [-0.4, -0.2) is 44.1 Å². The monoisotopic (exact) mass is 451 g/mol. The van der Waals surface area contributed by atoms with Crippen LogP contribution < -0.4 is 10.4 Å². The first-order valence-corrected chi connectivity index (χ1v) is 11.3. The van der Waals surface area contributed by atoms with E-state index in [1.165, 1.54) is 10.6 Å². The van der Waals surface area contributed by atoms with Crippen LogP contribution in [0.5, 0.6) is 5.88 Å². The minimum Gasteiger partial charge on any atom is -0.478 e. The van der Waals surface area contributed by atoms with Crippen LogP contribution in [0.1, 0.15) is 38.6 Å². The van der Waals surface area contributed by atoms with E-state index >= 15 is 4.39 Å². The van der Waals surface area contributed by atoms with Crippen LogP contribution in [0, 0.1) is 5.82 Å². The van der Waals surface area contributed by atoms with Gasteiger partial charge in [-0.1, -0.05) is 13.3 Å². The summed E-state index contributed by atoms with van der Waals surface area (Å²) >= 11 is 0. The Labute approximate surface area is 190 Å². The normalized spacial score (nSPS) is 14.9. The molecule has 1 aliphatic rings. The second-order valence-electron chi connectivity index (χ2n) is 8.36. The van der Waals surface area contributed by atoms with Gasteiger partial charge in [0.25, 0.3) is 0 Å². The van der Waals surface area contributed by atoms with Gasteiger partial charge in [-0.15, -0.1) is 10.2 Å². The topological polar surface area (TPSA) is 84.1 Å². The largest absolute Gasteiger partial charge is 0.478 e. The highest BCUT2D eigenvalue weighted by Gasteiger charge is 2.25. The third kappa shape index (κ3) is 3.86. The van der Waals surface area contributed by atoms with Crippen LogP contribution in [0.25, 0.3) is 33.2 Å². The lowest BCUT2D eigenvalue weighted by molar-refractivity contribution is 0.0697. The molecule has 5 rings (SSSR count). The molecule has 0 amide bonds. The van der Waals surface area contributed by atoms with Gasteiger partial charge in [-0.25, -0.2) is 14.2 Å². The fraction of sp³-hybridized carbons (Fsp3) is 0.417. The van der Waals surface area contributed by atoms with Gasteiger partial charge in [-0.3, -0.25) is 9.13 Å². The van der Waals surface area contributed by atoms with Gasteiger partial charge in [0.05, 0.1) is 12.1 Å². The first kappa shape index (κ1) is 21.5. The van der Waals surface area contributed by atoms with Gasteiger partial charge in [-0.05, 0) is 31.4 Å². The first-order valence-electron chi connectivity index (χ1n) is 11.3. The fourth-order valence-electron chi connectivity index (χ4n) is 4.36. The number of nitrogens with zero attached hydrogens (tertiary/aromatic N) is 5. The molecule has 0 aliphatic carbocycles. The maximum atomic E-state index is 15.1. The van der Waals surface area contributed by atoms with E-state index in [1.807, 2.05) is 0 Å². The average Bonchev–Trinajstić information content (AvgIpc) is 3.10. The molecule has 1 aromatic carbocycles. The molecule has 0 spiro atoms. The van der Waals surface area contributed by atoms with Crippen molar-refractivity contribution in [2.75, 3.05) is 19.8 Å². The van der Waals surface area contributed by atoms with Gasteiger partial charge in [0.1, 0.15) is 11.3 Å². The highest BCUT2D eigenvalue weighted by atomic mass is 19.1. The first-order chi connectivity index (χ1) is 16.1. The molecular formula is C24H26FN5O3. The molecule has 0 N–H and O–H groups in total. The van der Waals surface area contributed by atoms with Gasteiger partial charge < -0.3 is 9.47 Å². The molecule has 1 fully saturated rings. The van der Waals surface area contributed by atoms with E-state index in [0.717, 1.165) is 25.7 Å². The van der Waals surface area contributed by atoms with Gasteiger partial charge in [0, 0.05) is 61.1 Å². The summed E-state index contributed by atoms with van der Waals surface area (Å²) in [6.45, 7) is 3.89. The zero-order valence-corrected chi connectivity index (χ0v) is 18.8. The zero-order chi connectivity index (χ0) is 22.9. The van der Waals surface area contributed by atoms with Crippen molar-refractivity contribution in [3.63, 3.8) is 0 Å². The number of halogens is 1. The van der Waals surface area contributed by atoms with Crippen molar-refractivity contribution in [2.24, 2.45) is 7.05 Å². The third-order valence-electron chi connectivity index (χ3n) is 6.21. The maximum Gasteiger partial charge on any atom is 0.330 e. The molecule has 4 aromatic rings. The summed E-state index contributed by atoms with van der Waals surface area (Å²) in [5, 5.41) is 9.12. The number of fused-ring (bicyclic) bond motifs is 3. The lowest BCUT2D eigenvalue weighted by Gasteiger charge is -2.23. The number of ether oxygens (including phenoxy) is 2. The number of rotatable bonds is 6. The summed E-state index contributed by atoms with van der Waals surface area (Å²) in [6, 6.07) is 6.65. The zero-order valence-electron chi connectivity index (χ0n) is 18.8. The molecule has 33 heavy (non-hydrogen) atoms. The van der Waals surface area contributed by atoms with Gasteiger partial charge in [-0.2, -0.15) is 0 Å². The van der Waals surface area contributed by atoms with Crippen molar-refractivity contribution < 1.29 is 13.9 Å². The third-order valence-corrected chi connectivity index (χ3v) is 6.21. The lowest BCUT2D eigenvalue weighted by atomic mass is 10.0. The van der Waals surface area contributed by atoms with Crippen molar-refractivity contribution in [3.8, 4) is 17.0 Å². The number of pyridine rings is 1. The molecule has 0 unspecified atom stereocenters. The standard InChI is InChI=1S/C24H26FN5O3/c1-3-4-9-33-21-6-5-15(14-26-21)17-12-18-20(13-19(17)25)27-28-23-22(18)30(24(31)29(23)2)16-7-10-32-11-8-16/h5-6,12-14,16H,3-4,7-11H2,1-2H3. The Kier molecular flexibility index (Phi) is 5.80. The predicted octanol–water partition coefficient (Wildman–Crippen LogP) is 4.01. The molecule has 1 saturated heterocycles. The number of imidazole rings is 1. The highest BCUT2D eigenvalue weighted by Crippen LogP contribution is 2.32. The van der Waals surface area contributed by atoms with E-state index < -0.39 is 5.82 Å². The van der Waals surface area contributed by atoms with Gasteiger partial charge in [0.2, 0.25) is 5.88 Å². The maximum absolute atomic E-state index is 15.1. The molecule has 9 heteroatoms. The summed E-state index contributed by atoms with van der Waals surface area (Å²) < 4.78 is 29.5. The molecule has 0 saturated carbocycles. The fourth-order valence-corrected chi connectivity index (χ4v) is 4.36. The molecule has 1 aliphatic heterocycles. The molecule has 8 nitrogen and oxygen atoms in total. The average molecular weight is 452 g/mol. The van der Waals surface area contributed by atoms with E-state index in [9.17, 15) is 4.79 Å². The number of aromatic nitrogens is 5. The molecule has 0 atom stereocenters. The molecule has 3 aromatic heterocycles. The Hall–Kier alpha value is -3.33. The predicted molar refractivity (Wildman–Crippen MR) is 123 cm³/mol. The van der Waals surface area contributed by atoms with Crippen LogP contribution in [0.15, 0.2) is 35.3 Å². The van der Waals surface area contributed by atoms with E-state index in [2.05, 4.69) is 22.1 Å². The van der Waals surface area contributed by atoms with Crippen LogP contribution in [-0.2, 0) is 11.8 Å². The van der Waals surface area contributed by atoms with Crippen molar-refractivity contribution in [1.82, 2.24) is 24.3 Å². The smallest absolute Gasteiger partial charge is 0.330 e. The number of unbranched alkanes of at least 4 members (excludes halogenated alkanes) is 1. The Morgan fingerprint density at radius 3 is 2.76 bits per heavy atom. The summed E-state index contributed by atoms with van der Waals surface area (Å²) in [5.41, 5.74) is 2.42. The number of hydrogen-bond acceptors (Lipinski definition) is 6. The highest BCUT2D eigenvalue weighted by molar-refractivity contribution is 6.02. The molecule has 4 heterocycles. The summed E-state index contributed by atoms with van der Waals surface area (Å²) in [5.74, 6) is 0.0894. The lowest BCUT2D eigenvalue weighted by Crippen LogP contribution is -2.29. The van der Waals surface area contributed by atoms with Crippen LogP contribution in [0.4, 0.5) is 4.39 Å². The summed E-state index contributed by atoms with van der Waals surface area (Å²) in [7, 11) is 1.69. The van der Waals surface area contributed by atoms with E-state index in [0.29, 0.717) is 58.9 Å². The van der Waals surface area contributed by atoms with Gasteiger partial charge >= 0.3 is 5.69 Å². The van der Waals surface area contributed by atoms with Crippen LogP contribution >= 0.6 is 0 Å². The van der Waals surface area contributed by atoms with Crippen molar-refractivity contribution in [1.29, 1.82) is 0 Å². The number of benzene rings is 1. The number of hydrogen-bond donors (Lipinski definition) is 0. The van der Waals surface area contributed by atoms with E-state index in [1.54, 1.807) is 36.0 Å². The van der Waals surface area contributed by atoms with Crippen molar-refractivity contribution in [2.45, 2.75) is 38.6 Å². The summed E-state index contributed by atoms with van der Waals surface area (Å²) in [4.78, 5) is 17.4. The van der Waals surface area contributed by atoms with E-state index in [-0.39, 0.29) is 11.7 Å². The quantitative estimate of drug-likeness (QED) is 0.412. The van der Waals surface area contributed by atoms with Crippen molar-refractivity contribution >= 4 is 22.1 Å². The molecule has 0 radical (unpaired) electrons. The Bertz CT molecular complexity index is 1360. The van der Waals surface area contributed by atoms with Crippen molar-refractivity contribution in [3.05, 3.63) is 46.8 Å². The second-order valence-corrected chi connectivity index (χ2v) is 8.36. The Morgan fingerprint density at radius 1 is 1.21 bits per heavy atom. The minimum atomic E-state index is -0.423.